The SMILES string of the molecule is OCC[C@@H]1OB(O)c2ccccc21. The van der Waals surface area contributed by atoms with Gasteiger partial charge in [0.25, 0.3) is 0 Å². The molecule has 2 rings (SSSR count). The Balaban J connectivity index is 2.30. The summed E-state index contributed by atoms with van der Waals surface area (Å²) >= 11 is 0. The van der Waals surface area contributed by atoms with Crippen LogP contribution >= 0.6 is 0 Å². The highest BCUT2D eigenvalue weighted by atomic mass is 16.5. The summed E-state index contributed by atoms with van der Waals surface area (Å²) in [6, 6.07) is 7.54. The summed E-state index contributed by atoms with van der Waals surface area (Å²) in [6.07, 6.45) is 0.379. The van der Waals surface area contributed by atoms with Crippen molar-refractivity contribution in [2.75, 3.05) is 6.61 Å². The molecule has 1 aliphatic rings. The lowest BCUT2D eigenvalue weighted by atomic mass is 9.79. The summed E-state index contributed by atoms with van der Waals surface area (Å²) in [6.45, 7) is 0.0751. The molecule has 0 saturated carbocycles. The van der Waals surface area contributed by atoms with Gasteiger partial charge in [0, 0.05) is 6.61 Å². The van der Waals surface area contributed by atoms with Crippen molar-refractivity contribution in [3.63, 3.8) is 0 Å². The Bertz CT molecular complexity index is 303. The third-order valence-corrected chi connectivity index (χ3v) is 2.29. The fourth-order valence-corrected chi connectivity index (χ4v) is 1.67. The first-order valence-corrected chi connectivity index (χ1v) is 4.36. The van der Waals surface area contributed by atoms with Gasteiger partial charge < -0.3 is 14.8 Å². The van der Waals surface area contributed by atoms with Gasteiger partial charge in [0.15, 0.2) is 0 Å². The minimum Gasteiger partial charge on any atom is -0.423 e. The second-order valence-corrected chi connectivity index (χ2v) is 3.12. The van der Waals surface area contributed by atoms with Gasteiger partial charge in [0.1, 0.15) is 0 Å². The van der Waals surface area contributed by atoms with E-state index in [0.29, 0.717) is 6.42 Å². The molecule has 0 fully saturated rings. The van der Waals surface area contributed by atoms with Crippen molar-refractivity contribution in [3.05, 3.63) is 29.8 Å². The molecule has 0 radical (unpaired) electrons. The predicted molar refractivity (Wildman–Crippen MR) is 49.6 cm³/mol. The summed E-state index contributed by atoms with van der Waals surface area (Å²) in [4.78, 5) is 0. The zero-order chi connectivity index (χ0) is 9.26. The number of hydrogen-bond acceptors (Lipinski definition) is 3. The molecule has 1 atom stereocenters. The fourth-order valence-electron chi connectivity index (χ4n) is 1.67. The predicted octanol–water partition coefficient (Wildman–Crippen LogP) is -0.172. The summed E-state index contributed by atoms with van der Waals surface area (Å²) in [5.74, 6) is 0. The number of fused-ring (bicyclic) bond motifs is 1. The molecule has 4 heteroatoms. The second kappa shape index (κ2) is 3.50. The van der Waals surface area contributed by atoms with E-state index in [4.69, 9.17) is 9.76 Å². The van der Waals surface area contributed by atoms with Crippen molar-refractivity contribution in [2.45, 2.75) is 12.5 Å². The van der Waals surface area contributed by atoms with Crippen LogP contribution in [0.1, 0.15) is 18.1 Å². The molecule has 1 aromatic carbocycles. The van der Waals surface area contributed by atoms with Crippen LogP contribution in [0, 0.1) is 0 Å². The van der Waals surface area contributed by atoms with Gasteiger partial charge in [-0.05, 0) is 17.4 Å². The third-order valence-electron chi connectivity index (χ3n) is 2.29. The van der Waals surface area contributed by atoms with Gasteiger partial charge in [-0.2, -0.15) is 0 Å². The number of aliphatic hydroxyl groups is 1. The molecule has 0 spiro atoms. The van der Waals surface area contributed by atoms with E-state index in [1.807, 2.05) is 24.3 Å². The highest BCUT2D eigenvalue weighted by Crippen LogP contribution is 2.25. The Kier molecular flexibility index (Phi) is 2.35. The van der Waals surface area contributed by atoms with Gasteiger partial charge in [0.05, 0.1) is 6.10 Å². The van der Waals surface area contributed by atoms with E-state index in [9.17, 15) is 5.02 Å². The number of rotatable bonds is 2. The van der Waals surface area contributed by atoms with Crippen LogP contribution in [0.4, 0.5) is 0 Å². The molecule has 0 saturated heterocycles. The molecule has 68 valence electrons. The molecule has 0 aliphatic carbocycles. The maximum atomic E-state index is 9.47. The maximum absolute atomic E-state index is 9.47. The smallest absolute Gasteiger partial charge is 0.423 e. The molecular formula is C9H11BO3. The molecule has 3 nitrogen and oxygen atoms in total. The van der Waals surface area contributed by atoms with Crippen LogP contribution in [0.25, 0.3) is 0 Å². The molecule has 1 heterocycles. The average molecular weight is 178 g/mol. The number of hydrogen-bond donors (Lipinski definition) is 2. The molecule has 0 unspecified atom stereocenters. The van der Waals surface area contributed by atoms with Crippen LogP contribution < -0.4 is 5.46 Å². The lowest BCUT2D eigenvalue weighted by molar-refractivity contribution is 0.148. The highest BCUT2D eigenvalue weighted by molar-refractivity contribution is 6.61. The first-order valence-electron chi connectivity index (χ1n) is 4.36. The third kappa shape index (κ3) is 1.48. The molecule has 0 bridgehead atoms. The van der Waals surface area contributed by atoms with Crippen LogP contribution in [0.15, 0.2) is 24.3 Å². The van der Waals surface area contributed by atoms with Gasteiger partial charge in [-0.1, -0.05) is 24.3 Å². The quantitative estimate of drug-likeness (QED) is 0.618. The zero-order valence-electron chi connectivity index (χ0n) is 7.18. The van der Waals surface area contributed by atoms with Crippen molar-refractivity contribution in [3.8, 4) is 0 Å². The van der Waals surface area contributed by atoms with E-state index in [1.54, 1.807) is 0 Å². The van der Waals surface area contributed by atoms with Crippen LogP contribution in [0.3, 0.4) is 0 Å². The lowest BCUT2D eigenvalue weighted by Crippen LogP contribution is -2.27. The minimum atomic E-state index is -0.826. The van der Waals surface area contributed by atoms with Crippen LogP contribution in [0.2, 0.25) is 0 Å². The molecule has 1 aliphatic heterocycles. The average Bonchev–Trinajstić information content (AvgIpc) is 2.46. The lowest BCUT2D eigenvalue weighted by Gasteiger charge is -2.09. The Morgan fingerprint density at radius 3 is 2.92 bits per heavy atom. The largest absolute Gasteiger partial charge is 0.491 e. The molecule has 13 heavy (non-hydrogen) atoms. The highest BCUT2D eigenvalue weighted by Gasteiger charge is 2.33. The van der Waals surface area contributed by atoms with Crippen LogP contribution in [-0.2, 0) is 4.65 Å². The summed E-state index contributed by atoms with van der Waals surface area (Å²) < 4.78 is 5.27. The van der Waals surface area contributed by atoms with E-state index >= 15 is 0 Å². The molecule has 0 aromatic heterocycles. The van der Waals surface area contributed by atoms with E-state index < -0.39 is 7.12 Å². The van der Waals surface area contributed by atoms with Gasteiger partial charge in [-0.25, -0.2) is 0 Å². The van der Waals surface area contributed by atoms with E-state index in [0.717, 1.165) is 11.0 Å². The Morgan fingerprint density at radius 1 is 1.38 bits per heavy atom. The van der Waals surface area contributed by atoms with Crippen molar-refractivity contribution in [1.82, 2.24) is 0 Å². The van der Waals surface area contributed by atoms with Crippen molar-refractivity contribution in [1.29, 1.82) is 0 Å². The van der Waals surface area contributed by atoms with E-state index in [1.165, 1.54) is 0 Å². The van der Waals surface area contributed by atoms with Gasteiger partial charge >= 0.3 is 7.12 Å². The molecular weight excluding hydrogens is 167 g/mol. The number of benzene rings is 1. The van der Waals surface area contributed by atoms with Gasteiger partial charge in [-0.3, -0.25) is 0 Å². The maximum Gasteiger partial charge on any atom is 0.491 e. The van der Waals surface area contributed by atoms with Crippen LogP contribution in [-0.4, -0.2) is 23.9 Å². The Morgan fingerprint density at radius 2 is 2.15 bits per heavy atom. The van der Waals surface area contributed by atoms with Crippen molar-refractivity contribution in [2.24, 2.45) is 0 Å². The van der Waals surface area contributed by atoms with E-state index in [2.05, 4.69) is 0 Å². The normalized spacial score (nSPS) is 20.5. The van der Waals surface area contributed by atoms with Crippen LogP contribution in [0.5, 0.6) is 0 Å². The van der Waals surface area contributed by atoms with Crippen molar-refractivity contribution >= 4 is 12.6 Å². The molecule has 2 N–H and O–H groups in total. The fraction of sp³-hybridized carbons (Fsp3) is 0.333. The van der Waals surface area contributed by atoms with Gasteiger partial charge in [0.2, 0.25) is 0 Å². The first kappa shape index (κ1) is 8.75. The zero-order valence-corrected chi connectivity index (χ0v) is 7.18. The monoisotopic (exact) mass is 178 g/mol. The molecule has 1 aromatic rings. The Hall–Kier alpha value is -0.835. The number of aliphatic hydroxyl groups excluding tert-OH is 1. The standard InChI is InChI=1S/C9H11BO3/c11-6-5-9-7-3-1-2-4-8(7)10(12)13-9/h1-4,9,11-12H,5-6H2/t9-/m0/s1. The minimum absolute atomic E-state index is 0.0751. The Labute approximate surface area is 77.1 Å². The van der Waals surface area contributed by atoms with Gasteiger partial charge in [-0.15, -0.1) is 0 Å². The summed E-state index contributed by atoms with van der Waals surface area (Å²) in [5.41, 5.74) is 1.81. The van der Waals surface area contributed by atoms with E-state index in [-0.39, 0.29) is 12.7 Å². The topological polar surface area (TPSA) is 49.7 Å². The molecule has 0 amide bonds. The summed E-state index contributed by atoms with van der Waals surface area (Å²) in [5, 5.41) is 18.3. The summed E-state index contributed by atoms with van der Waals surface area (Å²) in [7, 11) is -0.826. The van der Waals surface area contributed by atoms with Crippen molar-refractivity contribution < 1.29 is 14.8 Å². The first-order chi connectivity index (χ1) is 6.33. The second-order valence-electron chi connectivity index (χ2n) is 3.12.